The van der Waals surface area contributed by atoms with E-state index in [1.807, 2.05) is 12.1 Å². The Labute approximate surface area is 135 Å². The van der Waals surface area contributed by atoms with Gasteiger partial charge in [-0.05, 0) is 62.5 Å². The summed E-state index contributed by atoms with van der Waals surface area (Å²) in [4.78, 5) is 2.77. The smallest absolute Gasteiger partial charge is 0.240 e. The summed E-state index contributed by atoms with van der Waals surface area (Å²) in [7, 11) is -3.40. The molecule has 2 rings (SSSR count). The highest BCUT2D eigenvalue weighted by atomic mass is 32.2. The molecular weight excluding hydrogens is 296 g/mol. The second kappa shape index (κ2) is 7.57. The van der Waals surface area contributed by atoms with Crippen LogP contribution in [0.2, 0.25) is 0 Å². The first-order valence-electron chi connectivity index (χ1n) is 8.27. The van der Waals surface area contributed by atoms with E-state index in [0.717, 1.165) is 44.5 Å². The maximum Gasteiger partial charge on any atom is 0.240 e. The third-order valence-electron chi connectivity index (χ3n) is 4.31. The van der Waals surface area contributed by atoms with Gasteiger partial charge >= 0.3 is 0 Å². The Bertz CT molecular complexity index is 559. The van der Waals surface area contributed by atoms with Gasteiger partial charge in [-0.3, -0.25) is 0 Å². The molecule has 22 heavy (non-hydrogen) atoms. The Morgan fingerprint density at radius 3 is 2.27 bits per heavy atom. The normalized spacial score (nSPS) is 18.0. The van der Waals surface area contributed by atoms with Crippen LogP contribution in [-0.4, -0.2) is 39.0 Å². The maximum atomic E-state index is 12.5. The molecule has 0 amide bonds. The standard InChI is InChI=1S/C17H28N2O2S/c1-4-11-19-12-9-16(10-13-19)18-22(20,21)17-7-5-15(6-8-17)14(2)3/h5-8,14,16,18H,4,9-13H2,1-3H3. The van der Waals surface area contributed by atoms with Crippen LogP contribution in [0.3, 0.4) is 0 Å². The molecule has 1 aromatic carbocycles. The first-order valence-corrected chi connectivity index (χ1v) is 9.75. The summed E-state index contributed by atoms with van der Waals surface area (Å²) in [6.07, 6.45) is 2.94. The summed E-state index contributed by atoms with van der Waals surface area (Å²) >= 11 is 0. The van der Waals surface area contributed by atoms with E-state index in [0.29, 0.717) is 10.8 Å². The van der Waals surface area contributed by atoms with E-state index in [4.69, 9.17) is 0 Å². The zero-order valence-corrected chi connectivity index (χ0v) is 14.7. The summed E-state index contributed by atoms with van der Waals surface area (Å²) in [5.74, 6) is 0.410. The van der Waals surface area contributed by atoms with E-state index in [1.165, 1.54) is 0 Å². The second-order valence-corrected chi connectivity index (χ2v) is 8.17. The molecule has 0 saturated carbocycles. The highest BCUT2D eigenvalue weighted by Gasteiger charge is 2.24. The molecule has 0 aromatic heterocycles. The average molecular weight is 324 g/mol. The Balaban J connectivity index is 1.96. The van der Waals surface area contributed by atoms with Gasteiger partial charge < -0.3 is 4.90 Å². The molecular formula is C17H28N2O2S. The summed E-state index contributed by atoms with van der Waals surface area (Å²) in [5.41, 5.74) is 1.16. The van der Waals surface area contributed by atoms with Gasteiger partial charge in [-0.25, -0.2) is 13.1 Å². The molecule has 1 fully saturated rings. The van der Waals surface area contributed by atoms with Gasteiger partial charge in [0.05, 0.1) is 4.90 Å². The van der Waals surface area contributed by atoms with Crippen molar-refractivity contribution in [1.82, 2.24) is 9.62 Å². The molecule has 0 atom stereocenters. The van der Waals surface area contributed by atoms with Gasteiger partial charge in [-0.1, -0.05) is 32.9 Å². The molecule has 4 nitrogen and oxygen atoms in total. The van der Waals surface area contributed by atoms with Crippen molar-refractivity contribution < 1.29 is 8.42 Å². The Morgan fingerprint density at radius 2 is 1.77 bits per heavy atom. The number of nitrogens with zero attached hydrogens (tertiary/aromatic N) is 1. The minimum Gasteiger partial charge on any atom is -0.303 e. The number of benzene rings is 1. The Kier molecular flexibility index (Phi) is 6.01. The molecule has 0 aliphatic carbocycles. The first kappa shape index (κ1) is 17.4. The van der Waals surface area contributed by atoms with Crippen LogP contribution in [-0.2, 0) is 10.0 Å². The van der Waals surface area contributed by atoms with Crippen molar-refractivity contribution in [2.24, 2.45) is 0 Å². The van der Waals surface area contributed by atoms with E-state index >= 15 is 0 Å². The van der Waals surface area contributed by atoms with Crippen LogP contribution in [0.25, 0.3) is 0 Å². The summed E-state index contributed by atoms with van der Waals surface area (Å²) in [6, 6.07) is 7.29. The molecule has 1 aliphatic rings. The molecule has 1 aliphatic heterocycles. The zero-order chi connectivity index (χ0) is 16.2. The second-order valence-electron chi connectivity index (χ2n) is 6.46. The predicted molar refractivity (Wildman–Crippen MR) is 90.6 cm³/mol. The lowest BCUT2D eigenvalue weighted by Crippen LogP contribution is -2.44. The van der Waals surface area contributed by atoms with Crippen molar-refractivity contribution in [2.75, 3.05) is 19.6 Å². The summed E-state index contributed by atoms with van der Waals surface area (Å²) in [5, 5.41) is 0. The number of hydrogen-bond acceptors (Lipinski definition) is 3. The number of likely N-dealkylation sites (tertiary alicyclic amines) is 1. The van der Waals surface area contributed by atoms with Crippen LogP contribution in [0.4, 0.5) is 0 Å². The zero-order valence-electron chi connectivity index (χ0n) is 13.9. The maximum absolute atomic E-state index is 12.5. The van der Waals surface area contributed by atoms with E-state index in [-0.39, 0.29) is 6.04 Å². The van der Waals surface area contributed by atoms with Crippen molar-refractivity contribution in [1.29, 1.82) is 0 Å². The van der Waals surface area contributed by atoms with Crippen LogP contribution in [0.5, 0.6) is 0 Å². The highest BCUT2D eigenvalue weighted by molar-refractivity contribution is 7.89. The third kappa shape index (κ3) is 4.54. The van der Waals surface area contributed by atoms with E-state index in [9.17, 15) is 8.42 Å². The van der Waals surface area contributed by atoms with Crippen molar-refractivity contribution in [2.45, 2.75) is 56.9 Å². The quantitative estimate of drug-likeness (QED) is 0.875. The van der Waals surface area contributed by atoms with Crippen LogP contribution in [0.1, 0.15) is 51.5 Å². The summed E-state index contributed by atoms with van der Waals surface area (Å²) in [6.45, 7) is 9.45. The molecule has 1 N–H and O–H groups in total. The van der Waals surface area contributed by atoms with E-state index < -0.39 is 10.0 Å². The molecule has 5 heteroatoms. The highest BCUT2D eigenvalue weighted by Crippen LogP contribution is 2.19. The molecule has 124 valence electrons. The fraction of sp³-hybridized carbons (Fsp3) is 0.647. The number of rotatable bonds is 6. The topological polar surface area (TPSA) is 49.4 Å². The largest absolute Gasteiger partial charge is 0.303 e. The van der Waals surface area contributed by atoms with Gasteiger partial charge in [0, 0.05) is 6.04 Å². The van der Waals surface area contributed by atoms with Gasteiger partial charge in [0.2, 0.25) is 10.0 Å². The molecule has 1 aromatic rings. The number of hydrogen-bond donors (Lipinski definition) is 1. The monoisotopic (exact) mass is 324 g/mol. The van der Waals surface area contributed by atoms with Gasteiger partial charge in [0.25, 0.3) is 0 Å². The number of piperidine rings is 1. The van der Waals surface area contributed by atoms with Crippen molar-refractivity contribution >= 4 is 10.0 Å². The lowest BCUT2D eigenvalue weighted by atomic mass is 10.0. The van der Waals surface area contributed by atoms with Crippen molar-refractivity contribution in [3.05, 3.63) is 29.8 Å². The fourth-order valence-corrected chi connectivity index (χ4v) is 4.21. The minimum absolute atomic E-state index is 0.0582. The van der Waals surface area contributed by atoms with Gasteiger partial charge in [-0.2, -0.15) is 0 Å². The lowest BCUT2D eigenvalue weighted by molar-refractivity contribution is 0.208. The van der Waals surface area contributed by atoms with Gasteiger partial charge in [-0.15, -0.1) is 0 Å². The van der Waals surface area contributed by atoms with Crippen LogP contribution in [0, 0.1) is 0 Å². The lowest BCUT2D eigenvalue weighted by Gasteiger charge is -2.31. The SMILES string of the molecule is CCCN1CCC(NS(=O)(=O)c2ccc(C(C)C)cc2)CC1. The molecule has 1 saturated heterocycles. The minimum atomic E-state index is -3.40. The first-order chi connectivity index (χ1) is 10.4. The molecule has 0 bridgehead atoms. The Hall–Kier alpha value is -0.910. The van der Waals surface area contributed by atoms with E-state index in [2.05, 4.69) is 30.4 Å². The van der Waals surface area contributed by atoms with Gasteiger partial charge in [0.1, 0.15) is 0 Å². The van der Waals surface area contributed by atoms with Crippen molar-refractivity contribution in [3.8, 4) is 0 Å². The van der Waals surface area contributed by atoms with Crippen LogP contribution >= 0.6 is 0 Å². The van der Waals surface area contributed by atoms with Crippen LogP contribution < -0.4 is 4.72 Å². The average Bonchev–Trinajstić information content (AvgIpc) is 2.49. The molecule has 1 heterocycles. The van der Waals surface area contributed by atoms with E-state index in [1.54, 1.807) is 12.1 Å². The molecule has 0 unspecified atom stereocenters. The third-order valence-corrected chi connectivity index (χ3v) is 5.84. The van der Waals surface area contributed by atoms with Gasteiger partial charge in [0.15, 0.2) is 0 Å². The van der Waals surface area contributed by atoms with Crippen molar-refractivity contribution in [3.63, 3.8) is 0 Å². The fourth-order valence-electron chi connectivity index (χ4n) is 2.91. The van der Waals surface area contributed by atoms with Crippen LogP contribution in [0.15, 0.2) is 29.2 Å². The molecule has 0 radical (unpaired) electrons. The Morgan fingerprint density at radius 1 is 1.18 bits per heavy atom. The predicted octanol–water partition coefficient (Wildman–Crippen LogP) is 2.96. The summed E-state index contributed by atoms with van der Waals surface area (Å²) < 4.78 is 27.8. The number of nitrogens with one attached hydrogen (secondary N) is 1. The number of sulfonamides is 1. The molecule has 0 spiro atoms.